The van der Waals surface area contributed by atoms with E-state index in [1.165, 1.54) is 31.3 Å². The standard InChI is InChI=1S/C24H38O3/c1-16(25)10-14-27-21-8-7-19-18-6-5-17-15-22(2,26)12-13-23(17,3)20(18)9-11-24(19,21)4/h5,18-21,26H,6-15H2,1-4H3/t18?,19?,20?,21-,22-,23-,24-/m0/s1. The van der Waals surface area contributed by atoms with E-state index in [1.807, 2.05) is 6.92 Å². The summed E-state index contributed by atoms with van der Waals surface area (Å²) in [5.41, 5.74) is 1.60. The molecule has 3 heteroatoms. The fraction of sp³-hybridized carbons (Fsp3) is 0.875. The van der Waals surface area contributed by atoms with Gasteiger partial charge < -0.3 is 9.84 Å². The molecule has 4 aliphatic carbocycles. The van der Waals surface area contributed by atoms with Gasteiger partial charge in [-0.05, 0) is 93.8 Å². The number of hydrogen-bond acceptors (Lipinski definition) is 3. The summed E-state index contributed by atoms with van der Waals surface area (Å²) < 4.78 is 6.26. The van der Waals surface area contributed by atoms with Gasteiger partial charge in [-0.2, -0.15) is 0 Å². The average molecular weight is 375 g/mol. The van der Waals surface area contributed by atoms with Crippen LogP contribution in [0.5, 0.6) is 0 Å². The molecule has 0 aromatic carbocycles. The van der Waals surface area contributed by atoms with Gasteiger partial charge >= 0.3 is 0 Å². The number of aliphatic hydroxyl groups is 1. The van der Waals surface area contributed by atoms with Crippen LogP contribution in [0.1, 0.15) is 85.5 Å². The maximum atomic E-state index is 11.3. The molecule has 3 unspecified atom stereocenters. The largest absolute Gasteiger partial charge is 0.390 e. The van der Waals surface area contributed by atoms with E-state index in [1.54, 1.807) is 6.92 Å². The molecular weight excluding hydrogens is 336 g/mol. The van der Waals surface area contributed by atoms with Crippen LogP contribution >= 0.6 is 0 Å². The zero-order chi connectivity index (χ0) is 19.4. The van der Waals surface area contributed by atoms with Crippen molar-refractivity contribution in [3.05, 3.63) is 11.6 Å². The van der Waals surface area contributed by atoms with Gasteiger partial charge in [-0.25, -0.2) is 0 Å². The highest BCUT2D eigenvalue weighted by molar-refractivity contribution is 5.75. The zero-order valence-corrected chi connectivity index (χ0v) is 17.7. The van der Waals surface area contributed by atoms with E-state index in [0.29, 0.717) is 24.5 Å². The Balaban J connectivity index is 1.52. The SMILES string of the molecule is CC(=O)CCO[C@H]1CCC2C3CC=C4C[C@@](C)(O)CC[C@]4(C)C3CC[C@@]21C. The van der Waals surface area contributed by atoms with Crippen LogP contribution in [0.4, 0.5) is 0 Å². The molecule has 0 radical (unpaired) electrons. The van der Waals surface area contributed by atoms with Crippen molar-refractivity contribution in [1.82, 2.24) is 0 Å². The van der Waals surface area contributed by atoms with Crippen LogP contribution in [-0.4, -0.2) is 29.2 Å². The molecule has 3 fully saturated rings. The molecule has 4 aliphatic rings. The van der Waals surface area contributed by atoms with Gasteiger partial charge in [-0.1, -0.05) is 25.5 Å². The average Bonchev–Trinajstić information content (AvgIpc) is 2.92. The van der Waals surface area contributed by atoms with E-state index in [0.717, 1.165) is 43.4 Å². The number of carbonyl (C=O) groups is 1. The molecule has 0 amide bonds. The molecule has 0 aromatic heterocycles. The highest BCUT2D eigenvalue weighted by Crippen LogP contribution is 2.65. The van der Waals surface area contributed by atoms with Crippen LogP contribution in [0.25, 0.3) is 0 Å². The highest BCUT2D eigenvalue weighted by atomic mass is 16.5. The van der Waals surface area contributed by atoms with Gasteiger partial charge in [0.2, 0.25) is 0 Å². The molecule has 7 atom stereocenters. The van der Waals surface area contributed by atoms with Crippen molar-refractivity contribution in [2.45, 2.75) is 97.2 Å². The highest BCUT2D eigenvalue weighted by Gasteiger charge is 2.59. The molecular formula is C24H38O3. The second-order valence-electron chi connectivity index (χ2n) is 10.9. The molecule has 152 valence electrons. The first kappa shape index (κ1) is 19.6. The van der Waals surface area contributed by atoms with E-state index in [4.69, 9.17) is 4.74 Å². The number of fused-ring (bicyclic) bond motifs is 5. The molecule has 0 aromatic rings. The molecule has 4 rings (SSSR count). The predicted octanol–water partition coefficient (Wildman–Crippen LogP) is 5.06. The molecule has 27 heavy (non-hydrogen) atoms. The third kappa shape index (κ3) is 3.23. The maximum Gasteiger partial charge on any atom is 0.132 e. The van der Waals surface area contributed by atoms with Gasteiger partial charge in [0.15, 0.2) is 0 Å². The number of ketones is 1. The van der Waals surface area contributed by atoms with Gasteiger partial charge in [-0.15, -0.1) is 0 Å². The Kier molecular flexibility index (Phi) is 4.87. The number of hydrogen-bond donors (Lipinski definition) is 1. The Morgan fingerprint density at radius 3 is 2.67 bits per heavy atom. The summed E-state index contributed by atoms with van der Waals surface area (Å²) in [6, 6.07) is 0. The Hall–Kier alpha value is -0.670. The predicted molar refractivity (Wildman–Crippen MR) is 107 cm³/mol. The fourth-order valence-electron chi connectivity index (χ4n) is 7.38. The third-order valence-electron chi connectivity index (χ3n) is 9.07. The van der Waals surface area contributed by atoms with Crippen molar-refractivity contribution < 1.29 is 14.6 Å². The first-order valence-electron chi connectivity index (χ1n) is 11.2. The lowest BCUT2D eigenvalue weighted by Crippen LogP contribution is -2.52. The summed E-state index contributed by atoms with van der Waals surface area (Å²) in [6.07, 6.45) is 12.5. The van der Waals surface area contributed by atoms with Gasteiger partial charge in [0.05, 0.1) is 18.3 Å². The molecule has 0 saturated heterocycles. The molecule has 0 heterocycles. The quantitative estimate of drug-likeness (QED) is 0.699. The van der Waals surface area contributed by atoms with E-state index in [9.17, 15) is 9.90 Å². The second-order valence-corrected chi connectivity index (χ2v) is 10.9. The van der Waals surface area contributed by atoms with Crippen LogP contribution < -0.4 is 0 Å². The lowest BCUT2D eigenvalue weighted by molar-refractivity contribution is -0.121. The number of ether oxygens (including phenoxy) is 1. The summed E-state index contributed by atoms with van der Waals surface area (Å²) >= 11 is 0. The summed E-state index contributed by atoms with van der Waals surface area (Å²) in [6.45, 7) is 9.21. The normalized spacial score (nSPS) is 49.0. The van der Waals surface area contributed by atoms with E-state index >= 15 is 0 Å². The van der Waals surface area contributed by atoms with Crippen LogP contribution in [0.3, 0.4) is 0 Å². The van der Waals surface area contributed by atoms with E-state index in [2.05, 4.69) is 19.9 Å². The maximum absolute atomic E-state index is 11.3. The van der Waals surface area contributed by atoms with Crippen molar-refractivity contribution in [3.8, 4) is 0 Å². The third-order valence-corrected chi connectivity index (χ3v) is 9.07. The lowest BCUT2D eigenvalue weighted by atomic mass is 9.47. The molecule has 3 nitrogen and oxygen atoms in total. The fourth-order valence-corrected chi connectivity index (χ4v) is 7.38. The van der Waals surface area contributed by atoms with E-state index in [-0.39, 0.29) is 11.2 Å². The van der Waals surface area contributed by atoms with Crippen LogP contribution in [0, 0.1) is 28.6 Å². The number of rotatable bonds is 4. The Labute approximate surface area is 164 Å². The van der Waals surface area contributed by atoms with Gasteiger partial charge in [0.1, 0.15) is 5.78 Å². The topological polar surface area (TPSA) is 46.5 Å². The minimum Gasteiger partial charge on any atom is -0.390 e. The molecule has 1 N–H and O–H groups in total. The summed E-state index contributed by atoms with van der Waals surface area (Å²) in [5.74, 6) is 2.50. The number of Topliss-reactive ketones (excluding diaryl/α,β-unsaturated/α-hetero) is 1. The van der Waals surface area contributed by atoms with E-state index < -0.39 is 5.60 Å². The first-order chi connectivity index (χ1) is 12.7. The molecule has 0 aliphatic heterocycles. The van der Waals surface area contributed by atoms with Gasteiger partial charge in [0.25, 0.3) is 0 Å². The second kappa shape index (κ2) is 6.69. The van der Waals surface area contributed by atoms with Crippen LogP contribution in [0.15, 0.2) is 11.6 Å². The van der Waals surface area contributed by atoms with Gasteiger partial charge in [-0.3, -0.25) is 4.79 Å². The minimum absolute atomic E-state index is 0.226. The van der Waals surface area contributed by atoms with Crippen molar-refractivity contribution in [2.24, 2.45) is 28.6 Å². The summed E-state index contributed by atoms with van der Waals surface area (Å²) in [4.78, 5) is 11.3. The Morgan fingerprint density at radius 1 is 1.15 bits per heavy atom. The Bertz CT molecular complexity index is 636. The molecule has 0 spiro atoms. The molecule has 3 saturated carbocycles. The van der Waals surface area contributed by atoms with Crippen molar-refractivity contribution in [2.75, 3.05) is 6.61 Å². The smallest absolute Gasteiger partial charge is 0.132 e. The Morgan fingerprint density at radius 2 is 1.93 bits per heavy atom. The van der Waals surface area contributed by atoms with Crippen molar-refractivity contribution in [3.63, 3.8) is 0 Å². The monoisotopic (exact) mass is 374 g/mol. The zero-order valence-electron chi connectivity index (χ0n) is 17.7. The van der Waals surface area contributed by atoms with Gasteiger partial charge in [0, 0.05) is 6.42 Å². The number of allylic oxidation sites excluding steroid dienone is 1. The van der Waals surface area contributed by atoms with Crippen LogP contribution in [0.2, 0.25) is 0 Å². The van der Waals surface area contributed by atoms with Crippen molar-refractivity contribution in [1.29, 1.82) is 0 Å². The molecule has 0 bridgehead atoms. The lowest BCUT2D eigenvalue weighted by Gasteiger charge is -2.58. The summed E-state index contributed by atoms with van der Waals surface area (Å²) in [7, 11) is 0. The first-order valence-corrected chi connectivity index (χ1v) is 11.2. The van der Waals surface area contributed by atoms with Crippen LogP contribution in [-0.2, 0) is 9.53 Å². The number of carbonyl (C=O) groups excluding carboxylic acids is 1. The van der Waals surface area contributed by atoms with Crippen molar-refractivity contribution >= 4 is 5.78 Å². The summed E-state index contributed by atoms with van der Waals surface area (Å²) in [5, 5.41) is 10.6. The minimum atomic E-state index is -0.510.